The van der Waals surface area contributed by atoms with Crippen molar-refractivity contribution >= 4 is 51.5 Å². The Labute approximate surface area is 210 Å². The Bertz CT molecular complexity index is 1510. The van der Waals surface area contributed by atoms with Crippen molar-refractivity contribution in [2.75, 3.05) is 6.79 Å². The van der Waals surface area contributed by atoms with Crippen molar-refractivity contribution in [3.8, 4) is 11.5 Å². The van der Waals surface area contributed by atoms with E-state index in [0.717, 1.165) is 28.2 Å². The van der Waals surface area contributed by atoms with E-state index in [1.807, 2.05) is 42.6 Å². The third-order valence-corrected chi connectivity index (χ3v) is 7.30. The fourth-order valence-electron chi connectivity index (χ4n) is 4.33. The molecule has 0 spiro atoms. The number of benzene rings is 3. The number of fused-ring (bicyclic) bond motifs is 2. The molecular weight excluding hydrogens is 484 g/mol. The van der Waals surface area contributed by atoms with Gasteiger partial charge >= 0.3 is 0 Å². The lowest BCUT2D eigenvalue weighted by Crippen LogP contribution is -2.27. The zero-order valence-electron chi connectivity index (χ0n) is 18.4. The lowest BCUT2D eigenvalue weighted by Gasteiger charge is -2.14. The number of nitrogens with zero attached hydrogens (tertiary/aromatic N) is 2. The van der Waals surface area contributed by atoms with E-state index in [1.165, 1.54) is 10.5 Å². The zero-order chi connectivity index (χ0) is 23.9. The van der Waals surface area contributed by atoms with Gasteiger partial charge in [-0.2, -0.15) is 0 Å². The van der Waals surface area contributed by atoms with Gasteiger partial charge in [-0.15, -0.1) is 0 Å². The molecule has 0 bridgehead atoms. The second-order valence-electron chi connectivity index (χ2n) is 8.28. The van der Waals surface area contributed by atoms with Gasteiger partial charge in [0.25, 0.3) is 11.1 Å². The molecule has 2 aliphatic rings. The molecule has 1 saturated heterocycles. The highest BCUT2D eigenvalue weighted by Gasteiger charge is 2.36. The fourth-order valence-corrected chi connectivity index (χ4v) is 5.37. The van der Waals surface area contributed by atoms with Gasteiger partial charge in [-0.05, 0) is 41.1 Å². The van der Waals surface area contributed by atoms with E-state index in [-0.39, 0.29) is 24.5 Å². The first-order valence-corrected chi connectivity index (χ1v) is 12.2. The number of halogens is 1. The second-order valence-corrected chi connectivity index (χ2v) is 9.68. The largest absolute Gasteiger partial charge is 0.454 e. The summed E-state index contributed by atoms with van der Waals surface area (Å²) in [4.78, 5) is 27.6. The SMILES string of the molecule is O=C1S/C(=C\c2cn(Cc3ccccc3)c3ccccc23)C(=O)N1Cc1cc2c(cc1Cl)OCO2. The molecular formula is C27H19ClN2O4S. The Hall–Kier alpha value is -3.68. The highest BCUT2D eigenvalue weighted by Crippen LogP contribution is 2.40. The van der Waals surface area contributed by atoms with Crippen LogP contribution in [0.5, 0.6) is 11.5 Å². The monoisotopic (exact) mass is 502 g/mol. The molecule has 2 amide bonds. The van der Waals surface area contributed by atoms with Crippen molar-refractivity contribution in [1.29, 1.82) is 0 Å². The number of carbonyl (C=O) groups is 2. The molecule has 0 saturated carbocycles. The van der Waals surface area contributed by atoms with Crippen LogP contribution in [0.15, 0.2) is 77.8 Å². The molecule has 0 N–H and O–H groups in total. The molecule has 35 heavy (non-hydrogen) atoms. The Morgan fingerprint density at radius 2 is 1.69 bits per heavy atom. The third-order valence-electron chi connectivity index (χ3n) is 6.05. The van der Waals surface area contributed by atoms with Crippen LogP contribution in [0.25, 0.3) is 17.0 Å². The van der Waals surface area contributed by atoms with Gasteiger partial charge in [-0.3, -0.25) is 14.5 Å². The number of rotatable bonds is 5. The first kappa shape index (κ1) is 21.8. The summed E-state index contributed by atoms with van der Waals surface area (Å²) in [7, 11) is 0. The lowest BCUT2D eigenvalue weighted by molar-refractivity contribution is -0.123. The smallest absolute Gasteiger partial charge is 0.293 e. The molecule has 6 rings (SSSR count). The van der Waals surface area contributed by atoms with E-state index in [9.17, 15) is 9.59 Å². The minimum absolute atomic E-state index is 0.0627. The van der Waals surface area contributed by atoms with E-state index in [4.69, 9.17) is 21.1 Å². The van der Waals surface area contributed by atoms with Crippen LogP contribution in [-0.2, 0) is 17.9 Å². The number of hydrogen-bond acceptors (Lipinski definition) is 5. The predicted octanol–water partition coefficient (Wildman–Crippen LogP) is 6.31. The molecule has 2 aliphatic heterocycles. The number of aromatic nitrogens is 1. The molecule has 174 valence electrons. The third kappa shape index (κ3) is 4.07. The number of carbonyl (C=O) groups excluding carboxylic acids is 2. The van der Waals surface area contributed by atoms with Gasteiger partial charge in [0.2, 0.25) is 6.79 Å². The number of ether oxygens (including phenoxy) is 2. The summed E-state index contributed by atoms with van der Waals surface area (Å²) in [6.07, 6.45) is 3.83. The summed E-state index contributed by atoms with van der Waals surface area (Å²) < 4.78 is 12.9. The fraction of sp³-hybridized carbons (Fsp3) is 0.111. The van der Waals surface area contributed by atoms with Crippen molar-refractivity contribution in [1.82, 2.24) is 9.47 Å². The molecule has 6 nitrogen and oxygen atoms in total. The van der Waals surface area contributed by atoms with Crippen LogP contribution < -0.4 is 9.47 Å². The zero-order valence-corrected chi connectivity index (χ0v) is 20.0. The highest BCUT2D eigenvalue weighted by molar-refractivity contribution is 8.18. The van der Waals surface area contributed by atoms with Gasteiger partial charge in [0.15, 0.2) is 11.5 Å². The van der Waals surface area contributed by atoms with E-state index in [1.54, 1.807) is 18.2 Å². The van der Waals surface area contributed by atoms with Gasteiger partial charge in [0.1, 0.15) is 0 Å². The molecule has 1 fully saturated rings. The molecule has 0 atom stereocenters. The van der Waals surface area contributed by atoms with Crippen LogP contribution in [0.2, 0.25) is 5.02 Å². The Morgan fingerprint density at radius 3 is 2.51 bits per heavy atom. The minimum Gasteiger partial charge on any atom is -0.454 e. The molecule has 8 heteroatoms. The molecule has 1 aromatic heterocycles. The van der Waals surface area contributed by atoms with E-state index < -0.39 is 0 Å². The Balaban J connectivity index is 1.30. The topological polar surface area (TPSA) is 60.8 Å². The maximum absolute atomic E-state index is 13.2. The summed E-state index contributed by atoms with van der Waals surface area (Å²) in [5.41, 5.74) is 3.76. The molecule has 4 aromatic rings. The van der Waals surface area contributed by atoms with Gasteiger partial charge in [0.05, 0.1) is 11.4 Å². The molecule has 0 unspecified atom stereocenters. The summed E-state index contributed by atoms with van der Waals surface area (Å²) in [5.74, 6) is 0.770. The number of imide groups is 1. The predicted molar refractivity (Wildman–Crippen MR) is 137 cm³/mol. The van der Waals surface area contributed by atoms with Gasteiger partial charge in [-0.1, -0.05) is 60.1 Å². The van der Waals surface area contributed by atoms with Crippen molar-refractivity contribution in [3.63, 3.8) is 0 Å². The van der Waals surface area contributed by atoms with Crippen molar-refractivity contribution in [3.05, 3.63) is 99.5 Å². The average Bonchev–Trinajstić information content (AvgIpc) is 3.53. The van der Waals surface area contributed by atoms with Crippen LogP contribution in [0, 0.1) is 0 Å². The quantitative estimate of drug-likeness (QED) is 0.299. The van der Waals surface area contributed by atoms with E-state index >= 15 is 0 Å². The highest BCUT2D eigenvalue weighted by atomic mass is 35.5. The second kappa shape index (κ2) is 8.83. The average molecular weight is 503 g/mol. The van der Waals surface area contributed by atoms with Crippen LogP contribution in [-0.4, -0.2) is 27.4 Å². The number of hydrogen-bond donors (Lipinski definition) is 0. The first-order valence-electron chi connectivity index (χ1n) is 11.0. The van der Waals surface area contributed by atoms with Crippen LogP contribution in [0.1, 0.15) is 16.7 Å². The molecule has 3 aromatic carbocycles. The van der Waals surface area contributed by atoms with Crippen molar-refractivity contribution < 1.29 is 19.1 Å². The number of thioether (sulfide) groups is 1. The molecule has 0 radical (unpaired) electrons. The summed E-state index contributed by atoms with van der Waals surface area (Å²) in [5, 5.41) is 1.11. The van der Waals surface area contributed by atoms with Gasteiger partial charge in [-0.25, -0.2) is 0 Å². The summed E-state index contributed by atoms with van der Waals surface area (Å²) in [6, 6.07) is 21.6. The lowest BCUT2D eigenvalue weighted by atomic mass is 10.1. The first-order chi connectivity index (χ1) is 17.1. The van der Waals surface area contributed by atoms with Gasteiger partial charge in [0, 0.05) is 40.3 Å². The van der Waals surface area contributed by atoms with Crippen LogP contribution >= 0.6 is 23.4 Å². The summed E-state index contributed by atoms with van der Waals surface area (Å²) >= 11 is 7.31. The molecule has 0 aliphatic carbocycles. The van der Waals surface area contributed by atoms with E-state index in [0.29, 0.717) is 33.5 Å². The maximum Gasteiger partial charge on any atom is 0.293 e. The Kier molecular flexibility index (Phi) is 5.51. The number of amides is 2. The van der Waals surface area contributed by atoms with Crippen LogP contribution in [0.3, 0.4) is 0 Å². The Morgan fingerprint density at radius 1 is 0.943 bits per heavy atom. The minimum atomic E-state index is -0.339. The van der Waals surface area contributed by atoms with Crippen molar-refractivity contribution in [2.45, 2.75) is 13.1 Å². The normalized spacial score (nSPS) is 16.1. The van der Waals surface area contributed by atoms with E-state index in [2.05, 4.69) is 22.8 Å². The maximum atomic E-state index is 13.2. The number of para-hydroxylation sites is 1. The van der Waals surface area contributed by atoms with Gasteiger partial charge < -0.3 is 14.0 Å². The molecule has 3 heterocycles. The standard InChI is InChI=1S/C27H19ClN2O4S/c28-21-12-24-23(33-16-34-24)10-19(21)15-30-26(31)25(35-27(30)32)11-18-14-29(13-17-6-2-1-3-7-17)22-9-5-4-8-20(18)22/h1-12,14H,13,15-16H2/b25-11-. The summed E-state index contributed by atoms with van der Waals surface area (Å²) in [6.45, 7) is 0.893. The van der Waals surface area contributed by atoms with Crippen molar-refractivity contribution in [2.24, 2.45) is 0 Å². The van der Waals surface area contributed by atoms with Crippen LogP contribution in [0.4, 0.5) is 4.79 Å².